The predicted octanol–water partition coefficient (Wildman–Crippen LogP) is 6.34. The van der Waals surface area contributed by atoms with Crippen LogP contribution < -0.4 is 0 Å². The molecule has 1 aromatic heterocycles. The number of carbonyl (C=O) groups is 1. The zero-order chi connectivity index (χ0) is 20.8. The minimum absolute atomic E-state index is 0.128. The molecule has 2 aliphatic rings. The quantitative estimate of drug-likeness (QED) is 0.488. The van der Waals surface area contributed by atoms with Gasteiger partial charge in [-0.3, -0.25) is 4.79 Å². The molecule has 4 atom stereocenters. The summed E-state index contributed by atoms with van der Waals surface area (Å²) in [5, 5.41) is 10.7. The highest BCUT2D eigenvalue weighted by molar-refractivity contribution is 5.73. The number of phenols is 1. The number of aldehydes is 1. The van der Waals surface area contributed by atoms with Crippen molar-refractivity contribution < 1.29 is 9.90 Å². The van der Waals surface area contributed by atoms with Gasteiger partial charge in [0.1, 0.15) is 5.75 Å². The maximum Gasteiger partial charge on any atom is 0.166 e. The van der Waals surface area contributed by atoms with E-state index >= 15 is 0 Å². The van der Waals surface area contributed by atoms with Crippen molar-refractivity contribution in [3.63, 3.8) is 0 Å². The van der Waals surface area contributed by atoms with Crippen LogP contribution in [-0.2, 0) is 6.42 Å². The van der Waals surface area contributed by atoms with Crippen molar-refractivity contribution in [1.29, 1.82) is 0 Å². The van der Waals surface area contributed by atoms with E-state index < -0.39 is 0 Å². The van der Waals surface area contributed by atoms with Crippen molar-refractivity contribution in [3.8, 4) is 11.4 Å². The molecule has 1 saturated carbocycles. The molecule has 1 fully saturated rings. The number of nitrogens with zero attached hydrogens (tertiary/aromatic N) is 1. The zero-order valence-corrected chi connectivity index (χ0v) is 18.1. The number of hydrogen-bond donors (Lipinski definition) is 1. The first-order valence-electron chi connectivity index (χ1n) is 10.9. The molecule has 3 heteroatoms. The summed E-state index contributed by atoms with van der Waals surface area (Å²) < 4.78 is 1.89. The fourth-order valence-electron chi connectivity index (χ4n) is 6.21. The molecule has 4 rings (SSSR count). The summed E-state index contributed by atoms with van der Waals surface area (Å²) >= 11 is 0. The standard InChI is InChI=1S/C26H33NO2/c1-18-7-5-9-24-25(18,3)13-12-19(2)26(24,4)16-20-15-21(10-11-23(20)29)27-14-6-8-22(27)17-28/h6-8,10-11,14-15,17,19,24,29H,5,9,12-13,16H2,1-4H3/t19-,24+,25+,26+/m0/s1. The summed E-state index contributed by atoms with van der Waals surface area (Å²) in [7, 11) is 0. The third-order valence-corrected chi connectivity index (χ3v) is 8.41. The van der Waals surface area contributed by atoms with Gasteiger partial charge in [0, 0.05) is 11.9 Å². The van der Waals surface area contributed by atoms with Gasteiger partial charge in [-0.15, -0.1) is 0 Å². The van der Waals surface area contributed by atoms with Gasteiger partial charge >= 0.3 is 0 Å². The molecule has 2 aliphatic carbocycles. The Bertz CT molecular complexity index is 955. The Morgan fingerprint density at radius 2 is 2.03 bits per heavy atom. The Kier molecular flexibility index (Phi) is 4.96. The molecule has 1 aromatic carbocycles. The molecule has 0 aliphatic heterocycles. The van der Waals surface area contributed by atoms with Gasteiger partial charge in [-0.2, -0.15) is 0 Å². The van der Waals surface area contributed by atoms with Gasteiger partial charge < -0.3 is 9.67 Å². The van der Waals surface area contributed by atoms with Crippen molar-refractivity contribution in [2.45, 2.75) is 59.8 Å². The maximum atomic E-state index is 11.4. The van der Waals surface area contributed by atoms with E-state index in [0.717, 1.165) is 30.4 Å². The van der Waals surface area contributed by atoms with Gasteiger partial charge in [-0.05, 0) is 97.6 Å². The largest absolute Gasteiger partial charge is 0.508 e. The highest BCUT2D eigenvalue weighted by atomic mass is 16.3. The summed E-state index contributed by atoms with van der Waals surface area (Å²) in [6, 6.07) is 9.42. The lowest BCUT2D eigenvalue weighted by Gasteiger charge is -2.58. The number of rotatable bonds is 4. The van der Waals surface area contributed by atoms with Crippen LogP contribution in [0.3, 0.4) is 0 Å². The first kappa shape index (κ1) is 20.0. The molecule has 0 spiro atoms. The molecule has 0 bridgehead atoms. The van der Waals surface area contributed by atoms with Crippen molar-refractivity contribution in [2.75, 3.05) is 0 Å². The number of aromatic hydroxyl groups is 1. The van der Waals surface area contributed by atoms with Crippen LogP contribution in [0.15, 0.2) is 48.2 Å². The van der Waals surface area contributed by atoms with Crippen LogP contribution in [0.5, 0.6) is 5.75 Å². The van der Waals surface area contributed by atoms with E-state index in [1.165, 1.54) is 19.3 Å². The lowest BCUT2D eigenvalue weighted by Crippen LogP contribution is -2.50. The van der Waals surface area contributed by atoms with Crippen molar-refractivity contribution in [2.24, 2.45) is 22.7 Å². The second kappa shape index (κ2) is 7.19. The highest BCUT2D eigenvalue weighted by Gasteiger charge is 2.53. The number of benzene rings is 1. The molecule has 0 amide bonds. The monoisotopic (exact) mass is 391 g/mol. The molecular formula is C26H33NO2. The van der Waals surface area contributed by atoms with E-state index in [1.54, 1.807) is 11.6 Å². The van der Waals surface area contributed by atoms with E-state index in [-0.39, 0.29) is 10.8 Å². The number of fused-ring (bicyclic) bond motifs is 1. The minimum Gasteiger partial charge on any atom is -0.508 e. The summed E-state index contributed by atoms with van der Waals surface area (Å²) in [5.41, 5.74) is 4.48. The summed E-state index contributed by atoms with van der Waals surface area (Å²) in [6.45, 7) is 9.61. The average molecular weight is 392 g/mol. The second-order valence-electron chi connectivity index (χ2n) is 9.79. The highest BCUT2D eigenvalue weighted by Crippen LogP contribution is 2.61. The molecule has 154 valence electrons. The van der Waals surface area contributed by atoms with Crippen LogP contribution in [0.1, 0.15) is 69.4 Å². The van der Waals surface area contributed by atoms with Crippen LogP contribution in [0.25, 0.3) is 5.69 Å². The first-order valence-corrected chi connectivity index (χ1v) is 10.9. The molecule has 0 radical (unpaired) electrons. The molecule has 1 heterocycles. The third-order valence-electron chi connectivity index (χ3n) is 8.41. The second-order valence-corrected chi connectivity index (χ2v) is 9.79. The summed E-state index contributed by atoms with van der Waals surface area (Å²) in [4.78, 5) is 11.4. The average Bonchev–Trinajstić information content (AvgIpc) is 3.18. The molecule has 0 unspecified atom stereocenters. The number of aromatic nitrogens is 1. The predicted molar refractivity (Wildman–Crippen MR) is 118 cm³/mol. The molecule has 0 saturated heterocycles. The smallest absolute Gasteiger partial charge is 0.166 e. The molecular weight excluding hydrogens is 358 g/mol. The number of phenolic OH excluding ortho intramolecular Hbond substituents is 1. The minimum atomic E-state index is 0.128. The lowest BCUT2D eigenvalue weighted by molar-refractivity contribution is -0.0412. The Labute approximate surface area is 174 Å². The lowest BCUT2D eigenvalue weighted by atomic mass is 9.47. The van der Waals surface area contributed by atoms with E-state index in [2.05, 4.69) is 39.8 Å². The number of hydrogen-bond acceptors (Lipinski definition) is 2. The Morgan fingerprint density at radius 3 is 2.79 bits per heavy atom. The fraction of sp³-hybridized carbons (Fsp3) is 0.500. The van der Waals surface area contributed by atoms with Gasteiger partial charge in [0.2, 0.25) is 0 Å². The van der Waals surface area contributed by atoms with E-state index in [1.807, 2.05) is 29.0 Å². The Hall–Kier alpha value is -2.29. The summed E-state index contributed by atoms with van der Waals surface area (Å²) in [5.74, 6) is 1.58. The van der Waals surface area contributed by atoms with Crippen molar-refractivity contribution >= 4 is 6.29 Å². The molecule has 1 N–H and O–H groups in total. The van der Waals surface area contributed by atoms with E-state index in [9.17, 15) is 9.90 Å². The van der Waals surface area contributed by atoms with E-state index in [4.69, 9.17) is 0 Å². The van der Waals surface area contributed by atoms with Crippen molar-refractivity contribution in [3.05, 3.63) is 59.4 Å². The van der Waals surface area contributed by atoms with Crippen LogP contribution in [0.2, 0.25) is 0 Å². The number of carbonyl (C=O) groups excluding carboxylic acids is 1. The third kappa shape index (κ3) is 3.15. The molecule has 2 aromatic rings. The van der Waals surface area contributed by atoms with Crippen LogP contribution >= 0.6 is 0 Å². The first-order chi connectivity index (χ1) is 13.8. The zero-order valence-electron chi connectivity index (χ0n) is 18.1. The van der Waals surface area contributed by atoms with Gasteiger partial charge in [-0.25, -0.2) is 0 Å². The SMILES string of the molecule is CC1=CCC[C@H]2[C@](C)(Cc3cc(-n4cccc4C=O)ccc3O)[C@@H](C)CC[C@]12C. The van der Waals surface area contributed by atoms with Gasteiger partial charge in [-0.1, -0.05) is 32.4 Å². The van der Waals surface area contributed by atoms with Gasteiger partial charge in [0.05, 0.1) is 5.69 Å². The normalized spacial score (nSPS) is 31.8. The van der Waals surface area contributed by atoms with Crippen LogP contribution in [0, 0.1) is 22.7 Å². The molecule has 3 nitrogen and oxygen atoms in total. The maximum absolute atomic E-state index is 11.4. The van der Waals surface area contributed by atoms with Gasteiger partial charge in [0.15, 0.2) is 6.29 Å². The Balaban J connectivity index is 1.73. The van der Waals surface area contributed by atoms with Crippen LogP contribution in [-0.4, -0.2) is 16.0 Å². The number of allylic oxidation sites excluding steroid dienone is 2. The fourth-order valence-corrected chi connectivity index (χ4v) is 6.21. The Morgan fingerprint density at radius 1 is 1.24 bits per heavy atom. The van der Waals surface area contributed by atoms with Crippen molar-refractivity contribution in [1.82, 2.24) is 4.57 Å². The van der Waals surface area contributed by atoms with Crippen LogP contribution in [0.4, 0.5) is 0 Å². The molecule has 29 heavy (non-hydrogen) atoms. The summed E-state index contributed by atoms with van der Waals surface area (Å²) in [6.07, 6.45) is 10.9. The topological polar surface area (TPSA) is 42.2 Å². The van der Waals surface area contributed by atoms with Gasteiger partial charge in [0.25, 0.3) is 0 Å². The van der Waals surface area contributed by atoms with E-state index in [0.29, 0.717) is 23.3 Å².